The molecule has 3 N–H and O–H groups in total. The van der Waals surface area contributed by atoms with Crippen molar-refractivity contribution in [3.63, 3.8) is 0 Å². The van der Waals surface area contributed by atoms with E-state index in [0.717, 1.165) is 11.4 Å². The Kier molecular flexibility index (Phi) is 5.97. The third kappa shape index (κ3) is 5.62. The largest absolute Gasteiger partial charge is 0.385 e. The van der Waals surface area contributed by atoms with Crippen LogP contribution in [0.15, 0.2) is 48.5 Å². The number of anilines is 2. The van der Waals surface area contributed by atoms with E-state index in [9.17, 15) is 9.18 Å². The van der Waals surface area contributed by atoms with E-state index in [2.05, 4.69) is 16.0 Å². The summed E-state index contributed by atoms with van der Waals surface area (Å²) < 4.78 is 13.5. The van der Waals surface area contributed by atoms with Gasteiger partial charge in [-0.15, -0.1) is 0 Å². The van der Waals surface area contributed by atoms with E-state index >= 15 is 0 Å². The zero-order chi connectivity index (χ0) is 16.7. The second-order valence-electron chi connectivity index (χ2n) is 5.60. The van der Waals surface area contributed by atoms with Crippen LogP contribution in [0.1, 0.15) is 19.4 Å². The lowest BCUT2D eigenvalue weighted by molar-refractivity contribution is 0.250. The first kappa shape index (κ1) is 16.8. The average molecular weight is 315 g/mol. The molecule has 0 aliphatic rings. The van der Waals surface area contributed by atoms with Gasteiger partial charge in [-0.05, 0) is 56.2 Å². The molecule has 0 aliphatic carbocycles. The van der Waals surface area contributed by atoms with Crippen LogP contribution < -0.4 is 16.0 Å². The van der Waals surface area contributed by atoms with Crippen molar-refractivity contribution in [3.05, 3.63) is 59.9 Å². The summed E-state index contributed by atoms with van der Waals surface area (Å²) in [5, 5.41) is 8.76. The molecule has 2 aromatic carbocycles. The van der Waals surface area contributed by atoms with E-state index in [1.165, 1.54) is 6.07 Å². The highest BCUT2D eigenvalue weighted by Gasteiger charge is 2.03. The molecule has 4 nitrogen and oxygen atoms in total. The maximum atomic E-state index is 13.5. The molecule has 0 unspecified atom stereocenters. The zero-order valence-corrected chi connectivity index (χ0v) is 13.4. The van der Waals surface area contributed by atoms with Crippen LogP contribution in [0, 0.1) is 5.82 Å². The number of rotatable bonds is 6. The van der Waals surface area contributed by atoms with Crippen LogP contribution in [-0.2, 0) is 6.42 Å². The fraction of sp³-hybridized carbons (Fsp3) is 0.278. The molecule has 5 heteroatoms. The van der Waals surface area contributed by atoms with Crippen molar-refractivity contribution >= 4 is 17.4 Å². The lowest BCUT2D eigenvalue weighted by atomic mass is 10.1. The molecule has 2 aromatic rings. The summed E-state index contributed by atoms with van der Waals surface area (Å²) in [5.41, 5.74) is 2.35. The summed E-state index contributed by atoms with van der Waals surface area (Å²) in [6, 6.07) is 14.1. The van der Waals surface area contributed by atoms with Gasteiger partial charge in [0.1, 0.15) is 5.82 Å². The highest BCUT2D eigenvalue weighted by atomic mass is 19.1. The fourth-order valence-electron chi connectivity index (χ4n) is 2.14. The molecule has 23 heavy (non-hydrogen) atoms. The Morgan fingerprint density at radius 3 is 2.35 bits per heavy atom. The molecule has 0 atom stereocenters. The molecule has 0 radical (unpaired) electrons. The van der Waals surface area contributed by atoms with Gasteiger partial charge >= 0.3 is 6.03 Å². The molecule has 2 amide bonds. The number of amides is 2. The molecule has 0 fully saturated rings. The van der Waals surface area contributed by atoms with Crippen molar-refractivity contribution in [2.45, 2.75) is 26.3 Å². The minimum atomic E-state index is -0.222. The monoisotopic (exact) mass is 315 g/mol. The van der Waals surface area contributed by atoms with Gasteiger partial charge in [-0.3, -0.25) is 0 Å². The van der Waals surface area contributed by atoms with Crippen LogP contribution in [0.2, 0.25) is 0 Å². The minimum Gasteiger partial charge on any atom is -0.385 e. The van der Waals surface area contributed by atoms with Crippen LogP contribution in [0.3, 0.4) is 0 Å². The zero-order valence-electron chi connectivity index (χ0n) is 13.4. The molecule has 2 rings (SSSR count). The summed E-state index contributed by atoms with van der Waals surface area (Å²) >= 11 is 0. The SMILES string of the molecule is CC(C)NC(=O)Nc1ccc(NCCc2ccccc2F)cc1. The number of carbonyl (C=O) groups excluding carboxylic acids is 1. The Balaban J connectivity index is 1.81. The van der Waals surface area contributed by atoms with E-state index in [-0.39, 0.29) is 17.9 Å². The second-order valence-corrected chi connectivity index (χ2v) is 5.60. The maximum Gasteiger partial charge on any atom is 0.319 e. The summed E-state index contributed by atoms with van der Waals surface area (Å²) in [4.78, 5) is 11.6. The molecule has 0 spiro atoms. The van der Waals surface area contributed by atoms with E-state index in [1.807, 2.05) is 44.2 Å². The molecule has 0 bridgehead atoms. The van der Waals surface area contributed by atoms with Crippen LogP contribution in [0.5, 0.6) is 0 Å². The Hall–Kier alpha value is -2.56. The highest BCUT2D eigenvalue weighted by Crippen LogP contribution is 2.14. The summed E-state index contributed by atoms with van der Waals surface area (Å²) in [7, 11) is 0. The molecule has 0 aromatic heterocycles. The topological polar surface area (TPSA) is 53.2 Å². The lowest BCUT2D eigenvalue weighted by Gasteiger charge is -2.11. The van der Waals surface area contributed by atoms with Gasteiger partial charge in [0.15, 0.2) is 0 Å². The Labute approximate surface area is 136 Å². The fourth-order valence-corrected chi connectivity index (χ4v) is 2.14. The van der Waals surface area contributed by atoms with Crippen LogP contribution in [0.4, 0.5) is 20.6 Å². The number of halogens is 1. The number of hydrogen-bond acceptors (Lipinski definition) is 2. The molecule has 0 saturated heterocycles. The summed E-state index contributed by atoms with van der Waals surface area (Å²) in [6.45, 7) is 4.45. The first-order valence-corrected chi connectivity index (χ1v) is 7.69. The predicted octanol–water partition coefficient (Wildman–Crippen LogP) is 4.01. The standard InChI is InChI=1S/C18H22FN3O/c1-13(2)21-18(23)22-16-9-7-15(8-10-16)20-12-11-14-5-3-4-6-17(14)19/h3-10,13,20H,11-12H2,1-2H3,(H2,21,22,23). The summed E-state index contributed by atoms with van der Waals surface area (Å²) in [5.74, 6) is -0.176. The van der Waals surface area contributed by atoms with Crippen molar-refractivity contribution in [3.8, 4) is 0 Å². The number of benzene rings is 2. The lowest BCUT2D eigenvalue weighted by Crippen LogP contribution is -2.34. The number of carbonyl (C=O) groups is 1. The van der Waals surface area contributed by atoms with Gasteiger partial charge in [0.25, 0.3) is 0 Å². The van der Waals surface area contributed by atoms with Gasteiger partial charge in [0.2, 0.25) is 0 Å². The quantitative estimate of drug-likeness (QED) is 0.754. The number of urea groups is 1. The highest BCUT2D eigenvalue weighted by molar-refractivity contribution is 5.89. The Morgan fingerprint density at radius 1 is 1.04 bits per heavy atom. The molecule has 0 heterocycles. The molecule has 122 valence electrons. The van der Waals surface area contributed by atoms with Crippen LogP contribution in [0.25, 0.3) is 0 Å². The van der Waals surface area contributed by atoms with E-state index in [1.54, 1.807) is 12.1 Å². The average Bonchev–Trinajstić information content (AvgIpc) is 2.50. The first-order chi connectivity index (χ1) is 11.0. The Morgan fingerprint density at radius 2 is 1.70 bits per heavy atom. The van der Waals surface area contributed by atoms with Gasteiger partial charge < -0.3 is 16.0 Å². The number of nitrogens with one attached hydrogen (secondary N) is 3. The van der Waals surface area contributed by atoms with Crippen molar-refractivity contribution in [2.24, 2.45) is 0 Å². The van der Waals surface area contributed by atoms with E-state index in [0.29, 0.717) is 18.5 Å². The van der Waals surface area contributed by atoms with Crippen molar-refractivity contribution in [2.75, 3.05) is 17.2 Å². The van der Waals surface area contributed by atoms with Gasteiger partial charge in [-0.2, -0.15) is 0 Å². The van der Waals surface area contributed by atoms with Crippen molar-refractivity contribution in [1.29, 1.82) is 0 Å². The molecular weight excluding hydrogens is 293 g/mol. The Bertz CT molecular complexity index is 641. The van der Waals surface area contributed by atoms with Crippen molar-refractivity contribution in [1.82, 2.24) is 5.32 Å². The van der Waals surface area contributed by atoms with Crippen LogP contribution >= 0.6 is 0 Å². The first-order valence-electron chi connectivity index (χ1n) is 7.69. The molecular formula is C18H22FN3O. The van der Waals surface area contributed by atoms with E-state index in [4.69, 9.17) is 0 Å². The predicted molar refractivity (Wildman–Crippen MR) is 92.3 cm³/mol. The van der Waals surface area contributed by atoms with Gasteiger partial charge in [0.05, 0.1) is 0 Å². The normalized spacial score (nSPS) is 10.4. The molecule has 0 aliphatic heterocycles. The van der Waals surface area contributed by atoms with E-state index < -0.39 is 0 Å². The third-order valence-electron chi connectivity index (χ3n) is 3.24. The molecule has 0 saturated carbocycles. The smallest absolute Gasteiger partial charge is 0.319 e. The third-order valence-corrected chi connectivity index (χ3v) is 3.24. The van der Waals surface area contributed by atoms with Gasteiger partial charge in [-0.1, -0.05) is 18.2 Å². The maximum absolute atomic E-state index is 13.5. The van der Waals surface area contributed by atoms with Gasteiger partial charge in [0, 0.05) is 24.0 Å². The minimum absolute atomic E-state index is 0.0920. The van der Waals surface area contributed by atoms with Crippen LogP contribution in [-0.4, -0.2) is 18.6 Å². The summed E-state index contributed by atoms with van der Waals surface area (Å²) in [6.07, 6.45) is 0.615. The van der Waals surface area contributed by atoms with Crippen molar-refractivity contribution < 1.29 is 9.18 Å². The second kappa shape index (κ2) is 8.17. The van der Waals surface area contributed by atoms with Gasteiger partial charge in [-0.25, -0.2) is 9.18 Å². The number of hydrogen-bond donors (Lipinski definition) is 3.